The second-order valence-electron chi connectivity index (χ2n) is 5.30. The van der Waals surface area contributed by atoms with Crippen LogP contribution in [0.25, 0.3) is 11.9 Å². The van der Waals surface area contributed by atoms with Gasteiger partial charge in [0.25, 0.3) is 0 Å². The fourth-order valence-electron chi connectivity index (χ4n) is 1.90. The molecule has 0 N–H and O–H groups in total. The van der Waals surface area contributed by atoms with Crippen molar-refractivity contribution in [3.05, 3.63) is 35.5 Å². The van der Waals surface area contributed by atoms with Gasteiger partial charge in [-0.05, 0) is 38.2 Å². The van der Waals surface area contributed by atoms with Gasteiger partial charge in [0.15, 0.2) is 6.10 Å². The van der Waals surface area contributed by atoms with Crippen molar-refractivity contribution >= 4 is 30.2 Å². The van der Waals surface area contributed by atoms with Crippen molar-refractivity contribution in [3.8, 4) is 5.88 Å². The summed E-state index contributed by atoms with van der Waals surface area (Å²) >= 11 is 5.00. The monoisotopic (exact) mass is 409 g/mol. The summed E-state index contributed by atoms with van der Waals surface area (Å²) in [6.45, 7) is 5.60. The number of aryl methyl sites for hydroxylation is 1. The Morgan fingerprint density at radius 3 is 2.44 bits per heavy atom. The number of aromatic nitrogens is 4. The van der Waals surface area contributed by atoms with Crippen molar-refractivity contribution in [1.82, 2.24) is 19.7 Å². The average molecular weight is 410 g/mol. The number of alkyl halides is 6. The molecule has 0 aliphatic carbocycles. The molecular formula is C15H13ClF5N5O. The molecule has 2 aromatic heterocycles. The van der Waals surface area contributed by atoms with E-state index in [0.29, 0.717) is 0 Å². The first-order valence-electron chi connectivity index (χ1n) is 7.30. The topological polar surface area (TPSA) is 65.2 Å². The summed E-state index contributed by atoms with van der Waals surface area (Å²) in [5.41, 5.74) is 0.372. The molecule has 0 saturated heterocycles. The lowest BCUT2D eigenvalue weighted by Crippen LogP contribution is -2.31. The maximum absolute atomic E-state index is 13.4. The van der Waals surface area contributed by atoms with E-state index < -0.39 is 23.5 Å². The number of rotatable bonds is 6. The summed E-state index contributed by atoms with van der Waals surface area (Å²) in [5.74, 6) is -0.978. The quantitative estimate of drug-likeness (QED) is 0.406. The van der Waals surface area contributed by atoms with Crippen LogP contribution >= 0.6 is 11.6 Å². The molecule has 0 bridgehead atoms. The Labute approximate surface area is 155 Å². The van der Waals surface area contributed by atoms with Crippen LogP contribution in [0.1, 0.15) is 24.1 Å². The van der Waals surface area contributed by atoms with Gasteiger partial charge in [0.2, 0.25) is 11.7 Å². The van der Waals surface area contributed by atoms with E-state index in [-0.39, 0.29) is 23.0 Å². The standard InChI is InChI=1S/C15H13ClF5N5O/c1-8(15(19,20)21)27-12-5-4-10(6-23-12)11(22-3)7-26-9(2)24-25-13(26)14(16,17)18/h4-8H,3H2,1-2H3/b11-7-/t8-/m0/s1. The first kappa shape index (κ1) is 20.7. The van der Waals surface area contributed by atoms with Gasteiger partial charge in [0.05, 0.1) is 5.70 Å². The van der Waals surface area contributed by atoms with Crippen LogP contribution in [0.2, 0.25) is 0 Å². The third-order valence-electron chi connectivity index (χ3n) is 3.33. The molecule has 0 unspecified atom stereocenters. The molecule has 0 aliphatic rings. The van der Waals surface area contributed by atoms with Crippen LogP contribution in [0.5, 0.6) is 5.88 Å². The first-order valence-corrected chi connectivity index (χ1v) is 7.68. The lowest BCUT2D eigenvalue weighted by molar-refractivity contribution is -0.189. The van der Waals surface area contributed by atoms with Gasteiger partial charge in [-0.15, -0.1) is 10.2 Å². The molecule has 2 heterocycles. The molecule has 0 aliphatic heterocycles. The molecule has 2 rings (SSSR count). The van der Waals surface area contributed by atoms with Crippen molar-refractivity contribution < 1.29 is 26.7 Å². The van der Waals surface area contributed by atoms with Gasteiger partial charge in [-0.3, -0.25) is 9.56 Å². The highest BCUT2D eigenvalue weighted by atomic mass is 35.5. The summed E-state index contributed by atoms with van der Waals surface area (Å²) in [4.78, 5) is 7.47. The van der Waals surface area contributed by atoms with E-state index in [2.05, 4.69) is 26.9 Å². The molecular weight excluding hydrogens is 397 g/mol. The minimum absolute atomic E-state index is 0.0861. The number of ether oxygens (including phenoxy) is 1. The second-order valence-corrected chi connectivity index (χ2v) is 5.77. The zero-order valence-electron chi connectivity index (χ0n) is 14.0. The fraction of sp³-hybridized carbons (Fsp3) is 0.333. The summed E-state index contributed by atoms with van der Waals surface area (Å²) in [6.07, 6.45) is -4.26. The van der Waals surface area contributed by atoms with Crippen LogP contribution in [-0.4, -0.2) is 38.7 Å². The van der Waals surface area contributed by atoms with Crippen molar-refractivity contribution in [1.29, 1.82) is 0 Å². The molecule has 6 nitrogen and oxygen atoms in total. The smallest absolute Gasteiger partial charge is 0.425 e. The van der Waals surface area contributed by atoms with Crippen molar-refractivity contribution in [2.45, 2.75) is 31.5 Å². The lowest BCUT2D eigenvalue weighted by atomic mass is 10.2. The predicted octanol–water partition coefficient (Wildman–Crippen LogP) is 4.26. The summed E-state index contributed by atoms with van der Waals surface area (Å²) < 4.78 is 69.9. The fourth-order valence-corrected chi connectivity index (χ4v) is 2.02. The van der Waals surface area contributed by atoms with Crippen LogP contribution in [-0.2, 0) is 5.38 Å². The van der Waals surface area contributed by atoms with Crippen LogP contribution in [0.3, 0.4) is 0 Å². The largest absolute Gasteiger partial charge is 0.465 e. The van der Waals surface area contributed by atoms with E-state index in [0.717, 1.165) is 23.9 Å². The summed E-state index contributed by atoms with van der Waals surface area (Å²) in [5, 5.41) is 3.08. The minimum Gasteiger partial charge on any atom is -0.465 e. The Morgan fingerprint density at radius 2 is 1.96 bits per heavy atom. The van der Waals surface area contributed by atoms with Crippen molar-refractivity contribution in [2.75, 3.05) is 0 Å². The second kappa shape index (κ2) is 7.59. The van der Waals surface area contributed by atoms with Crippen LogP contribution in [0.4, 0.5) is 22.0 Å². The number of pyridine rings is 1. The van der Waals surface area contributed by atoms with Gasteiger partial charge in [-0.2, -0.15) is 22.0 Å². The average Bonchev–Trinajstić information content (AvgIpc) is 2.93. The molecule has 1 atom stereocenters. The van der Waals surface area contributed by atoms with E-state index >= 15 is 0 Å². The molecule has 0 spiro atoms. The Morgan fingerprint density at radius 1 is 1.30 bits per heavy atom. The van der Waals surface area contributed by atoms with Gasteiger partial charge >= 0.3 is 11.6 Å². The van der Waals surface area contributed by atoms with Gasteiger partial charge in [-0.25, -0.2) is 4.98 Å². The number of hydrogen-bond donors (Lipinski definition) is 0. The molecule has 0 fully saturated rings. The minimum atomic E-state index is -4.54. The maximum atomic E-state index is 13.4. The zero-order valence-corrected chi connectivity index (χ0v) is 14.8. The molecule has 12 heteroatoms. The Kier molecular flexibility index (Phi) is 5.83. The van der Waals surface area contributed by atoms with E-state index in [4.69, 9.17) is 16.3 Å². The Hall–Kier alpha value is -2.56. The third-order valence-corrected chi connectivity index (χ3v) is 3.50. The number of halogens is 6. The van der Waals surface area contributed by atoms with E-state index in [1.807, 2.05) is 0 Å². The molecule has 146 valence electrons. The number of aliphatic imine (C=N–C) groups is 1. The van der Waals surface area contributed by atoms with Gasteiger partial charge in [0.1, 0.15) is 5.82 Å². The predicted molar refractivity (Wildman–Crippen MR) is 88.6 cm³/mol. The molecule has 0 saturated carbocycles. The molecule has 0 radical (unpaired) electrons. The normalized spacial score (nSPS) is 14.1. The molecule has 27 heavy (non-hydrogen) atoms. The number of hydrogen-bond acceptors (Lipinski definition) is 5. The van der Waals surface area contributed by atoms with Gasteiger partial charge in [-0.1, -0.05) is 0 Å². The Balaban J connectivity index is 2.33. The van der Waals surface area contributed by atoms with Crippen molar-refractivity contribution in [3.63, 3.8) is 0 Å². The maximum Gasteiger partial charge on any atom is 0.425 e. The third kappa shape index (κ3) is 5.00. The highest BCUT2D eigenvalue weighted by Crippen LogP contribution is 2.32. The van der Waals surface area contributed by atoms with E-state index in [9.17, 15) is 22.0 Å². The molecule has 0 amide bonds. The van der Waals surface area contributed by atoms with E-state index in [1.165, 1.54) is 19.1 Å². The van der Waals surface area contributed by atoms with E-state index in [1.54, 1.807) is 0 Å². The highest BCUT2D eigenvalue weighted by Gasteiger charge is 2.38. The SMILES string of the molecule is C=N/C(=C\n1c(C)nnc1C(F)(F)Cl)c1ccc(O[C@@H](C)C(F)(F)F)nc1. The Bertz CT molecular complexity index is 842. The van der Waals surface area contributed by atoms with Gasteiger partial charge in [0, 0.05) is 24.0 Å². The highest BCUT2D eigenvalue weighted by molar-refractivity contribution is 6.21. The first-order chi connectivity index (χ1) is 12.4. The van der Waals surface area contributed by atoms with Crippen LogP contribution < -0.4 is 4.74 Å². The molecule has 0 aromatic carbocycles. The number of nitrogens with zero attached hydrogens (tertiary/aromatic N) is 5. The summed E-state index contributed by atoms with van der Waals surface area (Å²) in [6, 6.07) is 2.54. The molecule has 2 aromatic rings. The van der Waals surface area contributed by atoms with Crippen LogP contribution in [0, 0.1) is 6.92 Å². The van der Waals surface area contributed by atoms with Gasteiger partial charge < -0.3 is 4.74 Å². The zero-order chi connectivity index (χ0) is 20.4. The van der Waals surface area contributed by atoms with Crippen molar-refractivity contribution in [2.24, 2.45) is 4.99 Å². The lowest BCUT2D eigenvalue weighted by Gasteiger charge is -2.16. The van der Waals surface area contributed by atoms with Crippen LogP contribution in [0.15, 0.2) is 23.3 Å². The summed E-state index contributed by atoms with van der Waals surface area (Å²) in [7, 11) is 0.